The van der Waals surface area contributed by atoms with Gasteiger partial charge in [0, 0.05) is 59.5 Å². The van der Waals surface area contributed by atoms with Crippen LogP contribution in [-0.4, -0.2) is 110 Å². The molecule has 12 nitrogen and oxygen atoms in total. The summed E-state index contributed by atoms with van der Waals surface area (Å²) in [7, 11) is 0. The van der Waals surface area contributed by atoms with Crippen LogP contribution >= 0.6 is 0 Å². The minimum atomic E-state index is -0.704. The lowest BCUT2D eigenvalue weighted by Crippen LogP contribution is -2.50. The van der Waals surface area contributed by atoms with Crippen LogP contribution in [0.5, 0.6) is 23.0 Å². The third-order valence-corrected chi connectivity index (χ3v) is 13.7. The molecule has 4 atom stereocenters. The molecule has 0 spiro atoms. The molecule has 0 aliphatic carbocycles. The van der Waals surface area contributed by atoms with E-state index in [2.05, 4.69) is 0 Å². The van der Waals surface area contributed by atoms with E-state index in [1.165, 1.54) is 20.3 Å². The van der Waals surface area contributed by atoms with Crippen LogP contribution in [0, 0.1) is 0 Å². The van der Waals surface area contributed by atoms with Gasteiger partial charge in [0.05, 0.1) is 22.2 Å². The lowest BCUT2D eigenvalue weighted by atomic mass is 9.95. The molecular formula is C44H70N4O8. The zero-order valence-electron chi connectivity index (χ0n) is 36.8. The summed E-state index contributed by atoms with van der Waals surface area (Å²) in [5, 5.41) is 50.2. The zero-order valence-corrected chi connectivity index (χ0v) is 36.8. The molecule has 0 bridgehead atoms. The largest absolute Gasteiger partial charge is 0.488 e. The number of hydroxylamine groups is 8. The van der Waals surface area contributed by atoms with Crippen LogP contribution in [0.2, 0.25) is 0 Å². The molecule has 2 aromatic carbocycles. The van der Waals surface area contributed by atoms with Crippen LogP contribution in [0.3, 0.4) is 0 Å². The van der Waals surface area contributed by atoms with Crippen LogP contribution in [-0.2, 0) is 0 Å². The Labute approximate surface area is 335 Å². The second kappa shape index (κ2) is 13.4. The molecule has 4 heterocycles. The first-order chi connectivity index (χ1) is 25.4. The minimum absolute atomic E-state index is 0.294. The molecule has 6 rings (SSSR count). The van der Waals surface area contributed by atoms with Crippen molar-refractivity contribution in [3.8, 4) is 34.1 Å². The SMILES string of the molecule is CC1(C)CC(Oc2ccc(-c3ccc(OC4CC(C)(C)N(O)C4(C)C)c(OC4CC(C)(C)N(O)C4(C)C)c3)c(OC3CC(C)(C)N(O)C3(C)C)c2)C(C)(C)N1O. The molecule has 0 saturated carbocycles. The third-order valence-electron chi connectivity index (χ3n) is 13.7. The number of rotatable bonds is 9. The number of nitrogens with zero attached hydrogens (tertiary/aromatic N) is 4. The summed E-state index contributed by atoms with van der Waals surface area (Å²) >= 11 is 0. The fourth-order valence-electron chi connectivity index (χ4n) is 9.97. The van der Waals surface area contributed by atoms with Crippen molar-refractivity contribution < 1.29 is 39.8 Å². The molecule has 4 N–H and O–H groups in total. The fourth-order valence-corrected chi connectivity index (χ4v) is 9.97. The second-order valence-corrected chi connectivity index (χ2v) is 21.7. The summed E-state index contributed by atoms with van der Waals surface area (Å²) in [4.78, 5) is 0. The molecule has 0 aromatic heterocycles. The molecule has 2 aromatic rings. The molecule has 314 valence electrons. The molecule has 4 aliphatic rings. The summed E-state index contributed by atoms with van der Waals surface area (Å²) in [6.07, 6.45) is 1.01. The predicted molar refractivity (Wildman–Crippen MR) is 215 cm³/mol. The van der Waals surface area contributed by atoms with Crippen molar-refractivity contribution >= 4 is 0 Å². The summed E-state index contributed by atoms with van der Waals surface area (Å²) < 4.78 is 27.4. The fraction of sp³-hybridized carbons (Fsp3) is 0.727. The van der Waals surface area contributed by atoms with Crippen LogP contribution in [0.15, 0.2) is 36.4 Å². The number of hydrogen-bond acceptors (Lipinski definition) is 12. The van der Waals surface area contributed by atoms with Gasteiger partial charge in [0.15, 0.2) is 11.5 Å². The molecule has 4 aliphatic heterocycles. The highest BCUT2D eigenvalue weighted by molar-refractivity contribution is 5.74. The smallest absolute Gasteiger partial charge is 0.162 e. The average Bonchev–Trinajstić information content (AvgIpc) is 3.49. The van der Waals surface area contributed by atoms with Gasteiger partial charge in [-0.1, -0.05) is 6.07 Å². The van der Waals surface area contributed by atoms with Gasteiger partial charge in [-0.15, -0.1) is 0 Å². The topological polar surface area (TPSA) is 131 Å². The van der Waals surface area contributed by atoms with Crippen molar-refractivity contribution in [3.63, 3.8) is 0 Å². The third kappa shape index (κ3) is 7.10. The van der Waals surface area contributed by atoms with Crippen molar-refractivity contribution in [1.82, 2.24) is 20.3 Å². The van der Waals surface area contributed by atoms with Gasteiger partial charge in [0.2, 0.25) is 0 Å². The van der Waals surface area contributed by atoms with E-state index in [9.17, 15) is 20.8 Å². The molecule has 0 radical (unpaired) electrons. The first-order valence-corrected chi connectivity index (χ1v) is 20.3. The summed E-state index contributed by atoms with van der Waals surface area (Å²) in [6.45, 7) is 31.9. The predicted octanol–water partition coefficient (Wildman–Crippen LogP) is 8.95. The van der Waals surface area contributed by atoms with Crippen molar-refractivity contribution in [2.75, 3.05) is 0 Å². The average molecular weight is 783 g/mol. The Morgan fingerprint density at radius 1 is 0.411 bits per heavy atom. The van der Waals surface area contributed by atoms with Gasteiger partial charge in [-0.3, -0.25) is 0 Å². The van der Waals surface area contributed by atoms with E-state index < -0.39 is 44.3 Å². The van der Waals surface area contributed by atoms with Gasteiger partial charge in [-0.25, -0.2) is 0 Å². The molecule has 56 heavy (non-hydrogen) atoms. The Hall–Kier alpha value is -2.68. The van der Waals surface area contributed by atoms with Gasteiger partial charge < -0.3 is 39.8 Å². The summed E-state index contributed by atoms with van der Waals surface area (Å²) in [5.41, 5.74) is -3.08. The Bertz CT molecular complexity index is 1800. The van der Waals surface area contributed by atoms with E-state index in [0.717, 1.165) is 11.1 Å². The molecular weight excluding hydrogens is 713 g/mol. The van der Waals surface area contributed by atoms with Crippen molar-refractivity contribution in [2.45, 2.75) is 205 Å². The normalized spacial score (nSPS) is 31.4. The van der Waals surface area contributed by atoms with E-state index in [-0.39, 0.29) is 24.4 Å². The molecule has 4 unspecified atom stereocenters. The van der Waals surface area contributed by atoms with Gasteiger partial charge in [-0.2, -0.15) is 20.3 Å². The van der Waals surface area contributed by atoms with Crippen LogP contribution in [0.25, 0.3) is 11.1 Å². The number of hydrogen-bond donors (Lipinski definition) is 4. The van der Waals surface area contributed by atoms with E-state index in [1.54, 1.807) is 0 Å². The molecule has 4 fully saturated rings. The van der Waals surface area contributed by atoms with Crippen LogP contribution in [0.4, 0.5) is 0 Å². The van der Waals surface area contributed by atoms with Crippen molar-refractivity contribution in [3.05, 3.63) is 36.4 Å². The highest BCUT2D eigenvalue weighted by Crippen LogP contribution is 2.49. The van der Waals surface area contributed by atoms with E-state index in [1.807, 2.05) is 147 Å². The molecule has 0 amide bonds. The Balaban J connectivity index is 1.44. The lowest BCUT2D eigenvalue weighted by molar-refractivity contribution is -0.200. The van der Waals surface area contributed by atoms with Gasteiger partial charge in [0.25, 0.3) is 0 Å². The Morgan fingerprint density at radius 2 is 0.750 bits per heavy atom. The minimum Gasteiger partial charge on any atom is -0.488 e. The number of benzene rings is 2. The number of ether oxygens (including phenoxy) is 4. The quantitative estimate of drug-likeness (QED) is 0.194. The van der Waals surface area contributed by atoms with E-state index in [0.29, 0.717) is 48.7 Å². The maximum Gasteiger partial charge on any atom is 0.162 e. The van der Waals surface area contributed by atoms with Crippen LogP contribution in [0.1, 0.15) is 136 Å². The maximum absolute atomic E-state index is 11.2. The standard InChI is InChI=1S/C44H70N4O8/c1-37(2)23-33(41(9,10)45(37)49)53-28-18-19-29(31(22-28)55-35-25-39(5,6)47(51)43(35,13)14)27-17-20-30(54-34-24-38(3,4)46(50)42(34,11)12)32(21-27)56-36-26-40(7,8)48(52)44(36,15)16/h17-22,33-36,49-52H,23-26H2,1-16H3. The van der Waals surface area contributed by atoms with Crippen molar-refractivity contribution in [2.24, 2.45) is 0 Å². The van der Waals surface area contributed by atoms with E-state index in [4.69, 9.17) is 18.9 Å². The molecule has 12 heteroatoms. The van der Waals surface area contributed by atoms with Gasteiger partial charge in [-0.05, 0) is 141 Å². The first kappa shape index (κ1) is 42.9. The Morgan fingerprint density at radius 3 is 1.11 bits per heavy atom. The van der Waals surface area contributed by atoms with Crippen LogP contribution < -0.4 is 18.9 Å². The second-order valence-electron chi connectivity index (χ2n) is 21.7. The molecule has 4 saturated heterocycles. The first-order valence-electron chi connectivity index (χ1n) is 20.3. The summed E-state index contributed by atoms with van der Waals surface area (Å²) in [6, 6.07) is 11.7. The van der Waals surface area contributed by atoms with Gasteiger partial charge >= 0.3 is 0 Å². The maximum atomic E-state index is 11.2. The monoisotopic (exact) mass is 783 g/mol. The van der Waals surface area contributed by atoms with Gasteiger partial charge in [0.1, 0.15) is 35.9 Å². The van der Waals surface area contributed by atoms with Crippen molar-refractivity contribution in [1.29, 1.82) is 0 Å². The Kier molecular flexibility index (Phi) is 10.3. The highest BCUT2D eigenvalue weighted by atomic mass is 16.6. The summed E-state index contributed by atoms with van der Waals surface area (Å²) in [5.74, 6) is 2.25. The zero-order chi connectivity index (χ0) is 42.0. The van der Waals surface area contributed by atoms with E-state index >= 15 is 0 Å². The lowest BCUT2D eigenvalue weighted by Gasteiger charge is -2.36. The highest BCUT2D eigenvalue weighted by Gasteiger charge is 2.56.